The maximum atomic E-state index is 12.3. The van der Waals surface area contributed by atoms with E-state index < -0.39 is 15.9 Å². The zero-order valence-electron chi connectivity index (χ0n) is 14.3. The highest BCUT2D eigenvalue weighted by Gasteiger charge is 2.15. The maximum absolute atomic E-state index is 12.3. The summed E-state index contributed by atoms with van der Waals surface area (Å²) in [5, 5.41) is 7.02. The summed E-state index contributed by atoms with van der Waals surface area (Å²) in [6.45, 7) is 0.122. The molecule has 3 aromatic rings. The summed E-state index contributed by atoms with van der Waals surface area (Å²) in [5.41, 5.74) is 1.84. The van der Waals surface area contributed by atoms with Crippen LogP contribution in [-0.2, 0) is 16.6 Å². The number of para-hydroxylation sites is 1. The fourth-order valence-corrected chi connectivity index (χ4v) is 3.19. The van der Waals surface area contributed by atoms with Crippen molar-refractivity contribution < 1.29 is 17.7 Å². The number of benzene rings is 2. The molecule has 2 N–H and O–H groups in total. The zero-order valence-corrected chi connectivity index (χ0v) is 15.8. The summed E-state index contributed by atoms with van der Waals surface area (Å²) >= 11 is 5.95. The highest BCUT2D eigenvalue weighted by Crippen LogP contribution is 2.23. The van der Waals surface area contributed by atoms with Crippen molar-refractivity contribution in [2.45, 2.75) is 6.54 Å². The first-order valence-electron chi connectivity index (χ1n) is 7.88. The lowest BCUT2D eigenvalue weighted by molar-refractivity contribution is 0.0942. The number of aromatic nitrogens is 1. The number of hydrogen-bond acceptors (Lipinski definition) is 5. The topological polar surface area (TPSA) is 101 Å². The molecular formula is C18H16ClN3O4S. The molecule has 0 aliphatic carbocycles. The number of nitrogens with one attached hydrogen (secondary N) is 2. The number of anilines is 1. The SMILES string of the molecule is CS(=O)(=O)Nc1ccccc1CNC(=O)c1cc(-c2cccc(Cl)c2)on1. The predicted molar refractivity (Wildman–Crippen MR) is 103 cm³/mol. The Balaban J connectivity index is 1.71. The van der Waals surface area contributed by atoms with Gasteiger partial charge in [0.15, 0.2) is 11.5 Å². The minimum Gasteiger partial charge on any atom is -0.355 e. The Hall–Kier alpha value is -2.84. The molecule has 0 saturated carbocycles. The minimum atomic E-state index is -3.42. The molecule has 3 rings (SSSR count). The van der Waals surface area contributed by atoms with Crippen molar-refractivity contribution >= 4 is 33.2 Å². The number of amides is 1. The molecule has 0 aliphatic heterocycles. The van der Waals surface area contributed by atoms with Crippen LogP contribution in [0.2, 0.25) is 5.02 Å². The van der Waals surface area contributed by atoms with Gasteiger partial charge < -0.3 is 9.84 Å². The van der Waals surface area contributed by atoms with Crippen molar-refractivity contribution in [2.24, 2.45) is 0 Å². The first-order valence-corrected chi connectivity index (χ1v) is 10.2. The van der Waals surface area contributed by atoms with Gasteiger partial charge >= 0.3 is 0 Å². The van der Waals surface area contributed by atoms with Gasteiger partial charge in [-0.1, -0.05) is 47.1 Å². The zero-order chi connectivity index (χ0) is 19.4. The van der Waals surface area contributed by atoms with Gasteiger partial charge in [-0.3, -0.25) is 9.52 Å². The Morgan fingerprint density at radius 1 is 1.15 bits per heavy atom. The second-order valence-electron chi connectivity index (χ2n) is 5.80. The van der Waals surface area contributed by atoms with Crippen molar-refractivity contribution in [3.63, 3.8) is 0 Å². The molecule has 0 aliphatic rings. The average molecular weight is 406 g/mol. The van der Waals surface area contributed by atoms with E-state index in [9.17, 15) is 13.2 Å². The number of hydrogen-bond donors (Lipinski definition) is 2. The number of halogens is 1. The molecule has 0 unspecified atom stereocenters. The van der Waals surface area contributed by atoms with Crippen LogP contribution in [0.5, 0.6) is 0 Å². The molecule has 1 aromatic heterocycles. The molecular weight excluding hydrogens is 390 g/mol. The third-order valence-electron chi connectivity index (χ3n) is 3.60. The smallest absolute Gasteiger partial charge is 0.273 e. The Kier molecular flexibility index (Phi) is 5.48. The average Bonchev–Trinajstić information content (AvgIpc) is 3.10. The van der Waals surface area contributed by atoms with Crippen molar-refractivity contribution in [1.29, 1.82) is 0 Å². The van der Waals surface area contributed by atoms with Crippen LogP contribution in [0.25, 0.3) is 11.3 Å². The molecule has 7 nitrogen and oxygen atoms in total. The van der Waals surface area contributed by atoms with Crippen LogP contribution in [0.1, 0.15) is 16.1 Å². The van der Waals surface area contributed by atoms with Crippen LogP contribution < -0.4 is 10.0 Å². The van der Waals surface area contributed by atoms with E-state index in [1.807, 2.05) is 0 Å². The van der Waals surface area contributed by atoms with Gasteiger partial charge in [-0.15, -0.1) is 0 Å². The summed E-state index contributed by atoms with van der Waals surface area (Å²) in [4.78, 5) is 12.3. The van der Waals surface area contributed by atoms with E-state index in [4.69, 9.17) is 16.1 Å². The van der Waals surface area contributed by atoms with Crippen LogP contribution in [0.3, 0.4) is 0 Å². The maximum Gasteiger partial charge on any atom is 0.273 e. The van der Waals surface area contributed by atoms with E-state index in [0.717, 1.165) is 6.26 Å². The lowest BCUT2D eigenvalue weighted by Gasteiger charge is -2.10. The summed E-state index contributed by atoms with van der Waals surface area (Å²) in [6, 6.07) is 15.3. The number of rotatable bonds is 6. The minimum absolute atomic E-state index is 0.110. The molecule has 1 heterocycles. The molecule has 0 saturated heterocycles. The standard InChI is InChI=1S/C18H16ClN3O4S/c1-27(24,25)22-15-8-3-2-5-13(15)11-20-18(23)16-10-17(26-21-16)12-6-4-7-14(19)9-12/h2-10,22H,11H2,1H3,(H,20,23). The lowest BCUT2D eigenvalue weighted by Crippen LogP contribution is -2.24. The highest BCUT2D eigenvalue weighted by molar-refractivity contribution is 7.92. The van der Waals surface area contributed by atoms with E-state index in [2.05, 4.69) is 15.2 Å². The molecule has 9 heteroatoms. The van der Waals surface area contributed by atoms with E-state index in [1.54, 1.807) is 48.5 Å². The van der Waals surface area contributed by atoms with Crippen LogP contribution in [-0.4, -0.2) is 25.7 Å². The van der Waals surface area contributed by atoms with Gasteiger partial charge in [0.25, 0.3) is 5.91 Å². The fraction of sp³-hybridized carbons (Fsp3) is 0.111. The second kappa shape index (κ2) is 7.81. The van der Waals surface area contributed by atoms with Gasteiger partial charge in [0.1, 0.15) is 0 Å². The molecule has 0 fully saturated rings. The highest BCUT2D eigenvalue weighted by atomic mass is 35.5. The number of carbonyl (C=O) groups excluding carboxylic acids is 1. The third-order valence-corrected chi connectivity index (χ3v) is 4.43. The van der Waals surface area contributed by atoms with E-state index in [1.165, 1.54) is 6.07 Å². The molecule has 0 spiro atoms. The van der Waals surface area contributed by atoms with Gasteiger partial charge in [-0.25, -0.2) is 8.42 Å². The van der Waals surface area contributed by atoms with Crippen molar-refractivity contribution in [1.82, 2.24) is 10.5 Å². The van der Waals surface area contributed by atoms with E-state index >= 15 is 0 Å². The van der Waals surface area contributed by atoms with E-state index in [-0.39, 0.29) is 12.2 Å². The summed E-state index contributed by atoms with van der Waals surface area (Å²) in [6.07, 6.45) is 1.06. The van der Waals surface area contributed by atoms with Gasteiger partial charge in [0.05, 0.1) is 11.9 Å². The summed E-state index contributed by atoms with van der Waals surface area (Å²) < 4.78 is 30.5. The van der Waals surface area contributed by atoms with E-state index in [0.29, 0.717) is 27.6 Å². The normalized spacial score (nSPS) is 11.2. The largest absolute Gasteiger partial charge is 0.355 e. The summed E-state index contributed by atoms with van der Waals surface area (Å²) in [5.74, 6) is -0.0250. The van der Waals surface area contributed by atoms with Crippen LogP contribution in [0, 0.1) is 0 Å². The Morgan fingerprint density at radius 2 is 1.93 bits per heavy atom. The van der Waals surface area contributed by atoms with Gasteiger partial charge in [-0.2, -0.15) is 0 Å². The van der Waals surface area contributed by atoms with Crippen LogP contribution in [0.4, 0.5) is 5.69 Å². The molecule has 27 heavy (non-hydrogen) atoms. The molecule has 140 valence electrons. The Labute approximate surface area is 161 Å². The molecule has 0 atom stereocenters. The van der Waals surface area contributed by atoms with Gasteiger partial charge in [0.2, 0.25) is 10.0 Å². The number of sulfonamides is 1. The Bertz CT molecular complexity index is 1080. The van der Waals surface area contributed by atoms with Crippen LogP contribution >= 0.6 is 11.6 Å². The monoisotopic (exact) mass is 405 g/mol. The second-order valence-corrected chi connectivity index (χ2v) is 7.99. The number of nitrogens with zero attached hydrogens (tertiary/aromatic N) is 1. The number of carbonyl (C=O) groups is 1. The quantitative estimate of drug-likeness (QED) is 0.655. The fourth-order valence-electron chi connectivity index (χ4n) is 2.40. The summed E-state index contributed by atoms with van der Waals surface area (Å²) in [7, 11) is -3.42. The lowest BCUT2D eigenvalue weighted by atomic mass is 10.1. The molecule has 0 radical (unpaired) electrons. The van der Waals surface area contributed by atoms with Gasteiger partial charge in [-0.05, 0) is 23.8 Å². The molecule has 1 amide bonds. The molecule has 0 bridgehead atoms. The molecule has 2 aromatic carbocycles. The van der Waals surface area contributed by atoms with Gasteiger partial charge in [0, 0.05) is 23.2 Å². The predicted octanol–water partition coefficient (Wildman–Crippen LogP) is 3.30. The third kappa shape index (κ3) is 5.08. The van der Waals surface area contributed by atoms with Crippen LogP contribution in [0.15, 0.2) is 59.1 Å². The first-order chi connectivity index (χ1) is 12.8. The van der Waals surface area contributed by atoms with Crippen molar-refractivity contribution in [3.8, 4) is 11.3 Å². The van der Waals surface area contributed by atoms with Crippen molar-refractivity contribution in [2.75, 3.05) is 11.0 Å². The Morgan fingerprint density at radius 3 is 2.67 bits per heavy atom. The first kappa shape index (κ1) is 18.9. The van der Waals surface area contributed by atoms with Crippen molar-refractivity contribution in [3.05, 3.63) is 70.9 Å².